The predicted molar refractivity (Wildman–Crippen MR) is 163 cm³/mol. The second kappa shape index (κ2) is 17.4. The highest BCUT2D eigenvalue weighted by atomic mass is 16.6. The number of hydrogen-bond donors (Lipinski definition) is 2. The normalized spacial score (nSPS) is 10.5. The second-order valence-electron chi connectivity index (χ2n) is 10.0. The molecule has 9 heteroatoms. The van der Waals surface area contributed by atoms with Crippen LogP contribution in [0.5, 0.6) is 5.75 Å². The summed E-state index contributed by atoms with van der Waals surface area (Å²) in [6.07, 6.45) is 1.94. The van der Waals surface area contributed by atoms with Crippen molar-refractivity contribution in [3.05, 3.63) is 95.1 Å². The Bertz CT molecular complexity index is 1260. The molecule has 0 saturated heterocycles. The number of nitrogens with zero attached hydrogens (tertiary/aromatic N) is 1. The summed E-state index contributed by atoms with van der Waals surface area (Å²) in [7, 11) is 3.29. The molecule has 0 fully saturated rings. The predicted octanol–water partition coefficient (Wildman–Crippen LogP) is 4.91. The van der Waals surface area contributed by atoms with Crippen LogP contribution in [0, 0.1) is 6.92 Å². The van der Waals surface area contributed by atoms with Crippen molar-refractivity contribution >= 4 is 23.6 Å². The molecule has 0 radical (unpaired) electrons. The summed E-state index contributed by atoms with van der Waals surface area (Å²) in [6.45, 7) is 3.76. The van der Waals surface area contributed by atoms with Crippen molar-refractivity contribution in [1.29, 1.82) is 0 Å². The lowest BCUT2D eigenvalue weighted by Gasteiger charge is -2.17. The third-order valence-electron chi connectivity index (χ3n) is 6.48. The van der Waals surface area contributed by atoms with Crippen LogP contribution >= 0.6 is 0 Å². The largest absolute Gasteiger partial charge is 0.494 e. The van der Waals surface area contributed by atoms with Gasteiger partial charge in [-0.1, -0.05) is 54.1 Å². The number of likely N-dealkylation sites (N-methyl/N-ethyl adjacent to an activating group) is 1. The zero-order valence-electron chi connectivity index (χ0n) is 24.7. The number of nitrogens with one attached hydrogen (secondary N) is 2. The van der Waals surface area contributed by atoms with E-state index in [1.54, 1.807) is 43.3 Å². The van der Waals surface area contributed by atoms with Gasteiger partial charge in [0.05, 0.1) is 19.8 Å². The zero-order valence-corrected chi connectivity index (χ0v) is 24.7. The van der Waals surface area contributed by atoms with Crippen LogP contribution in [-0.4, -0.2) is 63.3 Å². The molecule has 0 atom stereocenters. The van der Waals surface area contributed by atoms with Gasteiger partial charge in [-0.15, -0.1) is 0 Å². The first-order valence-corrected chi connectivity index (χ1v) is 14.1. The van der Waals surface area contributed by atoms with Crippen LogP contribution in [0.3, 0.4) is 0 Å². The maximum absolute atomic E-state index is 12.4. The van der Waals surface area contributed by atoms with E-state index in [-0.39, 0.29) is 24.5 Å². The summed E-state index contributed by atoms with van der Waals surface area (Å²) >= 11 is 0. The molecule has 224 valence electrons. The summed E-state index contributed by atoms with van der Waals surface area (Å²) in [5, 5.41) is 5.41. The standard InChI is InChI=1S/C33H41N3O6/c1-25-5-7-27(8-6-25)19-22-42-33(39)36(3)23-28-11-9-26(10-12-28)13-18-31(37)35-29-14-16-30(17-15-29)41-21-4-20-40-24-32(38)34-2/h5-12,14-17H,4,13,18-24H2,1-3H3,(H,34,38)(H,35,37). The molecular formula is C33H41N3O6. The number of ether oxygens (including phenoxy) is 3. The van der Waals surface area contributed by atoms with Gasteiger partial charge >= 0.3 is 6.09 Å². The number of amides is 3. The molecule has 0 aliphatic heterocycles. The number of rotatable bonds is 16. The Labute approximate surface area is 248 Å². The Morgan fingerprint density at radius 1 is 0.762 bits per heavy atom. The van der Waals surface area contributed by atoms with E-state index in [0.29, 0.717) is 63.5 Å². The fourth-order valence-electron chi connectivity index (χ4n) is 3.97. The summed E-state index contributed by atoms with van der Waals surface area (Å²) in [5.41, 5.74) is 5.07. The number of carbonyl (C=O) groups is 3. The fraction of sp³-hybridized carbons (Fsp3) is 0.364. The Kier molecular flexibility index (Phi) is 13.4. The molecule has 0 saturated carbocycles. The Morgan fingerprint density at radius 3 is 2.10 bits per heavy atom. The molecule has 9 nitrogen and oxygen atoms in total. The molecule has 0 aliphatic rings. The lowest BCUT2D eigenvalue weighted by molar-refractivity contribution is -0.125. The molecule has 0 heterocycles. The highest BCUT2D eigenvalue weighted by Crippen LogP contribution is 2.17. The van der Waals surface area contributed by atoms with Gasteiger partial charge in [-0.2, -0.15) is 0 Å². The molecular weight excluding hydrogens is 534 g/mol. The molecule has 0 unspecified atom stereocenters. The molecule has 3 aromatic rings. The average molecular weight is 576 g/mol. The Hall–Kier alpha value is -4.37. The molecule has 0 aliphatic carbocycles. The van der Waals surface area contributed by atoms with Gasteiger partial charge in [-0.05, 0) is 54.3 Å². The molecule has 2 N–H and O–H groups in total. The van der Waals surface area contributed by atoms with Crippen molar-refractivity contribution in [2.24, 2.45) is 0 Å². The van der Waals surface area contributed by atoms with Gasteiger partial charge in [-0.25, -0.2) is 4.79 Å². The monoisotopic (exact) mass is 575 g/mol. The van der Waals surface area contributed by atoms with Crippen LogP contribution in [0.15, 0.2) is 72.8 Å². The summed E-state index contributed by atoms with van der Waals surface area (Å²) in [4.78, 5) is 37.5. The van der Waals surface area contributed by atoms with Crippen LogP contribution in [-0.2, 0) is 38.4 Å². The van der Waals surface area contributed by atoms with Crippen molar-refractivity contribution in [3.63, 3.8) is 0 Å². The van der Waals surface area contributed by atoms with Crippen LogP contribution in [0.25, 0.3) is 0 Å². The number of carbonyl (C=O) groups excluding carboxylic acids is 3. The van der Waals surface area contributed by atoms with Crippen molar-refractivity contribution in [2.45, 2.75) is 39.2 Å². The van der Waals surface area contributed by atoms with Crippen molar-refractivity contribution < 1.29 is 28.6 Å². The lowest BCUT2D eigenvalue weighted by atomic mass is 10.1. The highest BCUT2D eigenvalue weighted by Gasteiger charge is 2.11. The molecule has 3 aromatic carbocycles. The van der Waals surface area contributed by atoms with Gasteiger partial charge in [0.2, 0.25) is 11.8 Å². The lowest BCUT2D eigenvalue weighted by Crippen LogP contribution is -2.27. The van der Waals surface area contributed by atoms with E-state index in [0.717, 1.165) is 16.7 Å². The first-order valence-electron chi connectivity index (χ1n) is 14.1. The number of benzene rings is 3. The molecule has 3 amide bonds. The van der Waals surface area contributed by atoms with E-state index >= 15 is 0 Å². The minimum atomic E-state index is -0.355. The van der Waals surface area contributed by atoms with E-state index in [1.807, 2.05) is 43.3 Å². The first-order chi connectivity index (χ1) is 20.3. The molecule has 0 spiro atoms. The van der Waals surface area contributed by atoms with Gasteiger partial charge in [0.25, 0.3) is 0 Å². The quantitative estimate of drug-likeness (QED) is 0.235. The van der Waals surface area contributed by atoms with Crippen LogP contribution < -0.4 is 15.4 Å². The first kappa shape index (κ1) is 32.1. The third-order valence-corrected chi connectivity index (χ3v) is 6.48. The number of anilines is 1. The smallest absolute Gasteiger partial charge is 0.409 e. The summed E-state index contributed by atoms with van der Waals surface area (Å²) in [6, 6.07) is 23.3. The van der Waals surface area contributed by atoms with Gasteiger partial charge < -0.3 is 29.7 Å². The van der Waals surface area contributed by atoms with Crippen molar-refractivity contribution in [3.8, 4) is 5.75 Å². The topological polar surface area (TPSA) is 106 Å². The van der Waals surface area contributed by atoms with Gasteiger partial charge in [-0.3, -0.25) is 9.59 Å². The third kappa shape index (κ3) is 12.0. The maximum atomic E-state index is 12.4. The summed E-state index contributed by atoms with van der Waals surface area (Å²) in [5.74, 6) is 0.463. The van der Waals surface area contributed by atoms with Gasteiger partial charge in [0, 0.05) is 45.6 Å². The Balaban J connectivity index is 1.31. The highest BCUT2D eigenvalue weighted by molar-refractivity contribution is 5.90. The maximum Gasteiger partial charge on any atom is 0.409 e. The Morgan fingerprint density at radius 2 is 1.40 bits per heavy atom. The molecule has 42 heavy (non-hydrogen) atoms. The van der Waals surface area contributed by atoms with E-state index in [1.165, 1.54) is 5.56 Å². The van der Waals surface area contributed by atoms with E-state index < -0.39 is 0 Å². The van der Waals surface area contributed by atoms with E-state index in [9.17, 15) is 14.4 Å². The van der Waals surface area contributed by atoms with Crippen LogP contribution in [0.2, 0.25) is 0 Å². The van der Waals surface area contributed by atoms with E-state index in [2.05, 4.69) is 22.8 Å². The van der Waals surface area contributed by atoms with Crippen LogP contribution in [0.4, 0.5) is 10.5 Å². The average Bonchev–Trinajstić information content (AvgIpc) is 3.00. The SMILES string of the molecule is CNC(=O)COCCCOc1ccc(NC(=O)CCc2ccc(CN(C)C(=O)OCCc3ccc(C)cc3)cc2)cc1. The molecule has 0 aromatic heterocycles. The second-order valence-corrected chi connectivity index (χ2v) is 10.0. The molecule has 0 bridgehead atoms. The van der Waals surface area contributed by atoms with Gasteiger partial charge in [0.15, 0.2) is 0 Å². The van der Waals surface area contributed by atoms with Crippen molar-refractivity contribution in [2.75, 3.05) is 45.8 Å². The zero-order chi connectivity index (χ0) is 30.2. The minimum Gasteiger partial charge on any atom is -0.494 e. The van der Waals surface area contributed by atoms with E-state index in [4.69, 9.17) is 14.2 Å². The fourth-order valence-corrected chi connectivity index (χ4v) is 3.97. The van der Waals surface area contributed by atoms with Gasteiger partial charge in [0.1, 0.15) is 12.4 Å². The molecule has 3 rings (SSSR count). The number of aryl methyl sites for hydroxylation is 2. The number of hydrogen-bond acceptors (Lipinski definition) is 6. The van der Waals surface area contributed by atoms with Crippen molar-refractivity contribution in [1.82, 2.24) is 10.2 Å². The summed E-state index contributed by atoms with van der Waals surface area (Å²) < 4.78 is 16.3. The minimum absolute atomic E-state index is 0.0435. The van der Waals surface area contributed by atoms with Crippen LogP contribution in [0.1, 0.15) is 35.1 Å².